The van der Waals surface area contributed by atoms with E-state index in [4.69, 9.17) is 11.1 Å². The molecule has 0 aliphatic heterocycles. The van der Waals surface area contributed by atoms with Crippen molar-refractivity contribution in [2.24, 2.45) is 5.73 Å². The Kier molecular flexibility index (Phi) is 4.66. The van der Waals surface area contributed by atoms with E-state index in [1.54, 1.807) is 31.3 Å². The Morgan fingerprint density at radius 1 is 1.43 bits per heavy atom. The van der Waals surface area contributed by atoms with Crippen LogP contribution in [0, 0.1) is 5.41 Å². The zero-order valence-corrected chi connectivity index (χ0v) is 8.52. The molecular formula is C9H12ClN3O. The van der Waals surface area contributed by atoms with Crippen LogP contribution in [0.3, 0.4) is 0 Å². The molecule has 1 rings (SSSR count). The Morgan fingerprint density at radius 3 is 2.50 bits per heavy atom. The van der Waals surface area contributed by atoms with Gasteiger partial charge in [-0.3, -0.25) is 10.2 Å². The van der Waals surface area contributed by atoms with E-state index in [9.17, 15) is 4.79 Å². The standard InChI is InChI=1S/C9H11N3O.ClH/c1-12-9(13)7-4-2-3-6(5-7)8(10)11;/h2-5H,1H3,(H3,10,11)(H,12,13);1H. The van der Waals surface area contributed by atoms with Gasteiger partial charge in [0.1, 0.15) is 5.84 Å². The topological polar surface area (TPSA) is 79.0 Å². The number of halogens is 1. The van der Waals surface area contributed by atoms with Gasteiger partial charge in [0.2, 0.25) is 0 Å². The van der Waals surface area contributed by atoms with E-state index in [1.807, 2.05) is 0 Å². The molecule has 5 heteroatoms. The molecule has 0 saturated carbocycles. The number of benzene rings is 1. The SMILES string of the molecule is CNC(=O)c1cccc(C(=N)N)c1.Cl. The number of carbonyl (C=O) groups excluding carboxylic acids is 1. The van der Waals surface area contributed by atoms with Gasteiger partial charge in [-0.2, -0.15) is 0 Å². The van der Waals surface area contributed by atoms with Gasteiger partial charge in [-0.05, 0) is 12.1 Å². The highest BCUT2D eigenvalue weighted by Gasteiger charge is 2.04. The molecule has 0 spiro atoms. The highest BCUT2D eigenvalue weighted by Crippen LogP contribution is 2.03. The molecule has 0 fully saturated rings. The minimum atomic E-state index is -0.178. The first-order chi connectivity index (χ1) is 6.15. The van der Waals surface area contributed by atoms with Crippen molar-refractivity contribution in [1.29, 1.82) is 5.41 Å². The number of nitrogen functional groups attached to an aromatic ring is 1. The predicted octanol–water partition coefficient (Wildman–Crippen LogP) is 0.752. The molecule has 0 atom stereocenters. The summed E-state index contributed by atoms with van der Waals surface area (Å²) >= 11 is 0. The van der Waals surface area contributed by atoms with Gasteiger partial charge in [0, 0.05) is 18.2 Å². The molecule has 0 aliphatic rings. The summed E-state index contributed by atoms with van der Waals surface area (Å²) in [6.07, 6.45) is 0. The van der Waals surface area contributed by atoms with E-state index < -0.39 is 0 Å². The Balaban J connectivity index is 0.00000169. The van der Waals surface area contributed by atoms with Crippen LogP contribution in [0.1, 0.15) is 15.9 Å². The summed E-state index contributed by atoms with van der Waals surface area (Å²) in [5.74, 6) is -0.214. The molecule has 0 saturated heterocycles. The van der Waals surface area contributed by atoms with Crippen molar-refractivity contribution in [3.63, 3.8) is 0 Å². The van der Waals surface area contributed by atoms with Gasteiger partial charge in [0.05, 0.1) is 0 Å². The molecule has 0 bridgehead atoms. The second-order valence-corrected chi connectivity index (χ2v) is 2.57. The average molecular weight is 214 g/mol. The molecule has 0 radical (unpaired) electrons. The van der Waals surface area contributed by atoms with Crippen molar-refractivity contribution in [2.75, 3.05) is 7.05 Å². The molecule has 0 aromatic heterocycles. The maximum Gasteiger partial charge on any atom is 0.251 e. The van der Waals surface area contributed by atoms with Crippen LogP contribution in [-0.4, -0.2) is 18.8 Å². The number of carbonyl (C=O) groups is 1. The first-order valence-electron chi connectivity index (χ1n) is 3.81. The molecule has 1 amide bonds. The van der Waals surface area contributed by atoms with Crippen molar-refractivity contribution in [3.05, 3.63) is 35.4 Å². The van der Waals surface area contributed by atoms with Crippen LogP contribution in [-0.2, 0) is 0 Å². The van der Waals surface area contributed by atoms with E-state index in [0.717, 1.165) is 0 Å². The minimum absolute atomic E-state index is 0. The number of amidine groups is 1. The lowest BCUT2D eigenvalue weighted by Crippen LogP contribution is -2.19. The third-order valence-electron chi connectivity index (χ3n) is 1.66. The van der Waals surface area contributed by atoms with Gasteiger partial charge < -0.3 is 11.1 Å². The maximum absolute atomic E-state index is 11.2. The summed E-state index contributed by atoms with van der Waals surface area (Å²) in [5.41, 5.74) is 6.34. The second-order valence-electron chi connectivity index (χ2n) is 2.57. The molecule has 14 heavy (non-hydrogen) atoms. The summed E-state index contributed by atoms with van der Waals surface area (Å²) in [6.45, 7) is 0. The van der Waals surface area contributed by atoms with Crippen LogP contribution >= 0.6 is 12.4 Å². The largest absolute Gasteiger partial charge is 0.384 e. The Labute approximate surface area is 88.4 Å². The lowest BCUT2D eigenvalue weighted by molar-refractivity contribution is 0.0963. The van der Waals surface area contributed by atoms with E-state index in [1.165, 1.54) is 0 Å². The molecule has 0 unspecified atom stereocenters. The highest BCUT2D eigenvalue weighted by molar-refractivity contribution is 5.99. The quantitative estimate of drug-likeness (QED) is 0.501. The molecule has 76 valence electrons. The highest BCUT2D eigenvalue weighted by atomic mass is 35.5. The summed E-state index contributed by atoms with van der Waals surface area (Å²) < 4.78 is 0. The van der Waals surface area contributed by atoms with Gasteiger partial charge >= 0.3 is 0 Å². The summed E-state index contributed by atoms with van der Waals surface area (Å²) in [6, 6.07) is 6.64. The van der Waals surface area contributed by atoms with Crippen molar-refractivity contribution in [1.82, 2.24) is 5.32 Å². The number of amides is 1. The van der Waals surface area contributed by atoms with Crippen LogP contribution in [0.2, 0.25) is 0 Å². The van der Waals surface area contributed by atoms with E-state index in [2.05, 4.69) is 5.32 Å². The summed E-state index contributed by atoms with van der Waals surface area (Å²) in [4.78, 5) is 11.2. The average Bonchev–Trinajstić information content (AvgIpc) is 2.17. The van der Waals surface area contributed by atoms with E-state index in [0.29, 0.717) is 11.1 Å². The van der Waals surface area contributed by atoms with Gasteiger partial charge in [-0.15, -0.1) is 12.4 Å². The number of nitrogens with one attached hydrogen (secondary N) is 2. The first kappa shape index (κ1) is 12.4. The van der Waals surface area contributed by atoms with Crippen LogP contribution in [0.15, 0.2) is 24.3 Å². The van der Waals surface area contributed by atoms with Crippen LogP contribution < -0.4 is 11.1 Å². The lowest BCUT2D eigenvalue weighted by atomic mass is 10.1. The zero-order valence-electron chi connectivity index (χ0n) is 7.70. The van der Waals surface area contributed by atoms with Crippen molar-refractivity contribution in [3.8, 4) is 0 Å². The molecule has 0 heterocycles. The molecular weight excluding hydrogens is 202 g/mol. The van der Waals surface area contributed by atoms with Crippen LogP contribution in [0.4, 0.5) is 0 Å². The Bertz CT molecular complexity index is 352. The van der Waals surface area contributed by atoms with Crippen LogP contribution in [0.5, 0.6) is 0 Å². The van der Waals surface area contributed by atoms with E-state index >= 15 is 0 Å². The van der Waals surface area contributed by atoms with Gasteiger partial charge in [0.25, 0.3) is 5.91 Å². The first-order valence-corrected chi connectivity index (χ1v) is 3.81. The number of nitrogens with two attached hydrogens (primary N) is 1. The second kappa shape index (κ2) is 5.24. The zero-order chi connectivity index (χ0) is 9.84. The lowest BCUT2D eigenvalue weighted by Gasteiger charge is -2.01. The predicted molar refractivity (Wildman–Crippen MR) is 58.1 cm³/mol. The third-order valence-corrected chi connectivity index (χ3v) is 1.66. The Morgan fingerprint density at radius 2 is 2.00 bits per heavy atom. The number of hydrogen-bond donors (Lipinski definition) is 3. The fraction of sp³-hybridized carbons (Fsp3) is 0.111. The van der Waals surface area contributed by atoms with Gasteiger partial charge in [-0.25, -0.2) is 0 Å². The fourth-order valence-corrected chi connectivity index (χ4v) is 0.972. The Hall–Kier alpha value is -1.55. The fourth-order valence-electron chi connectivity index (χ4n) is 0.972. The monoisotopic (exact) mass is 213 g/mol. The third kappa shape index (κ3) is 2.74. The number of hydrogen-bond acceptors (Lipinski definition) is 2. The van der Waals surface area contributed by atoms with Gasteiger partial charge in [0.15, 0.2) is 0 Å². The molecule has 1 aromatic rings. The molecule has 0 aliphatic carbocycles. The molecule has 4 N–H and O–H groups in total. The van der Waals surface area contributed by atoms with Crippen molar-refractivity contribution >= 4 is 24.1 Å². The minimum Gasteiger partial charge on any atom is -0.384 e. The van der Waals surface area contributed by atoms with E-state index in [-0.39, 0.29) is 24.1 Å². The molecule has 1 aromatic carbocycles. The molecule has 4 nitrogen and oxygen atoms in total. The smallest absolute Gasteiger partial charge is 0.251 e. The normalized spacial score (nSPS) is 8.64. The van der Waals surface area contributed by atoms with Crippen LogP contribution in [0.25, 0.3) is 0 Å². The van der Waals surface area contributed by atoms with Crippen molar-refractivity contribution < 1.29 is 4.79 Å². The van der Waals surface area contributed by atoms with Gasteiger partial charge in [-0.1, -0.05) is 12.1 Å². The van der Waals surface area contributed by atoms with Crippen molar-refractivity contribution in [2.45, 2.75) is 0 Å². The summed E-state index contributed by atoms with van der Waals surface area (Å²) in [5, 5.41) is 9.67. The number of rotatable bonds is 2. The summed E-state index contributed by atoms with van der Waals surface area (Å²) in [7, 11) is 1.56. The maximum atomic E-state index is 11.2.